The van der Waals surface area contributed by atoms with Gasteiger partial charge in [-0.05, 0) is 35.6 Å². The molecule has 3 aromatic carbocycles. The van der Waals surface area contributed by atoms with Gasteiger partial charge in [-0.25, -0.2) is 9.97 Å². The van der Waals surface area contributed by atoms with Gasteiger partial charge in [0.2, 0.25) is 0 Å². The zero-order chi connectivity index (χ0) is 29.1. The Morgan fingerprint density at radius 2 is 1.51 bits per heavy atom. The summed E-state index contributed by atoms with van der Waals surface area (Å²) < 4.78 is 0. The molecule has 5 rings (SSSR count). The van der Waals surface area contributed by atoms with Crippen LogP contribution in [0.2, 0.25) is 0 Å². The minimum absolute atomic E-state index is 0.0354. The van der Waals surface area contributed by atoms with Crippen molar-refractivity contribution in [1.29, 1.82) is 0 Å². The fraction of sp³-hybridized carbons (Fsp3) is 0.303. The number of nitro benzene ring substituents is 1. The Balaban J connectivity index is 1.39. The standard InChI is InChI=1S/C33H35N5O3/c1-23-29(22-24-10-16-28(17-11-24)38(40)41)31(35-30(34-23)25-8-6-5-7-9-25)36-18-20-37(21-19-36)32(39)26-12-14-27(15-13-26)33(2,3)4/h5-17H,18-22H2,1-4H3. The molecule has 8 heteroatoms. The summed E-state index contributed by atoms with van der Waals surface area (Å²) in [6, 6.07) is 24.5. The molecule has 0 bridgehead atoms. The number of nitro groups is 1. The Morgan fingerprint density at radius 1 is 0.878 bits per heavy atom. The number of nitrogens with zero attached hydrogens (tertiary/aromatic N) is 5. The van der Waals surface area contributed by atoms with Gasteiger partial charge in [0, 0.05) is 67.1 Å². The van der Waals surface area contributed by atoms with Crippen LogP contribution in [0.5, 0.6) is 0 Å². The van der Waals surface area contributed by atoms with E-state index in [0.29, 0.717) is 44.0 Å². The third-order valence-electron chi connectivity index (χ3n) is 7.62. The lowest BCUT2D eigenvalue weighted by molar-refractivity contribution is -0.384. The van der Waals surface area contributed by atoms with Crippen LogP contribution in [0.3, 0.4) is 0 Å². The maximum Gasteiger partial charge on any atom is 0.269 e. The first kappa shape index (κ1) is 28.0. The highest BCUT2D eigenvalue weighted by Gasteiger charge is 2.26. The number of aromatic nitrogens is 2. The first-order valence-electron chi connectivity index (χ1n) is 13.9. The highest BCUT2D eigenvalue weighted by molar-refractivity contribution is 5.94. The van der Waals surface area contributed by atoms with Crippen LogP contribution in [0, 0.1) is 17.0 Å². The highest BCUT2D eigenvalue weighted by Crippen LogP contribution is 2.29. The van der Waals surface area contributed by atoms with Gasteiger partial charge in [0.05, 0.1) is 4.92 Å². The second-order valence-electron chi connectivity index (χ2n) is 11.5. The molecule has 1 aromatic heterocycles. The summed E-state index contributed by atoms with van der Waals surface area (Å²) in [5.74, 6) is 1.54. The van der Waals surface area contributed by atoms with Gasteiger partial charge in [-0.15, -0.1) is 0 Å². The summed E-state index contributed by atoms with van der Waals surface area (Å²) in [6.07, 6.45) is 0.549. The summed E-state index contributed by atoms with van der Waals surface area (Å²) in [7, 11) is 0. The molecule has 0 unspecified atom stereocenters. The number of rotatable bonds is 6. The van der Waals surface area contributed by atoms with E-state index < -0.39 is 4.92 Å². The highest BCUT2D eigenvalue weighted by atomic mass is 16.6. The van der Waals surface area contributed by atoms with Crippen LogP contribution < -0.4 is 4.90 Å². The van der Waals surface area contributed by atoms with Gasteiger partial charge in [0.1, 0.15) is 5.82 Å². The lowest BCUT2D eigenvalue weighted by Crippen LogP contribution is -2.49. The van der Waals surface area contributed by atoms with Crippen molar-refractivity contribution in [3.63, 3.8) is 0 Å². The topological polar surface area (TPSA) is 92.5 Å². The number of piperazine rings is 1. The number of hydrogen-bond donors (Lipinski definition) is 0. The monoisotopic (exact) mass is 549 g/mol. The van der Waals surface area contributed by atoms with Gasteiger partial charge in [-0.2, -0.15) is 0 Å². The fourth-order valence-electron chi connectivity index (χ4n) is 5.12. The summed E-state index contributed by atoms with van der Waals surface area (Å²) in [5, 5.41) is 11.1. The predicted octanol–water partition coefficient (Wildman–Crippen LogP) is 6.21. The molecule has 8 nitrogen and oxygen atoms in total. The van der Waals surface area contributed by atoms with Gasteiger partial charge in [-0.3, -0.25) is 14.9 Å². The average molecular weight is 550 g/mol. The number of carbonyl (C=O) groups excluding carboxylic acids is 1. The number of anilines is 1. The van der Waals surface area contributed by atoms with Crippen molar-refractivity contribution in [2.75, 3.05) is 31.1 Å². The number of benzene rings is 3. The van der Waals surface area contributed by atoms with Gasteiger partial charge in [0.15, 0.2) is 5.82 Å². The van der Waals surface area contributed by atoms with Gasteiger partial charge < -0.3 is 9.80 Å². The van der Waals surface area contributed by atoms with Crippen LogP contribution in [0.4, 0.5) is 11.5 Å². The molecule has 2 heterocycles. The molecule has 1 saturated heterocycles. The van der Waals surface area contributed by atoms with Crippen molar-refractivity contribution < 1.29 is 9.72 Å². The van der Waals surface area contributed by atoms with Crippen LogP contribution >= 0.6 is 0 Å². The quantitative estimate of drug-likeness (QED) is 0.210. The number of amides is 1. The van der Waals surface area contributed by atoms with Crippen molar-refractivity contribution in [2.45, 2.75) is 39.5 Å². The second-order valence-corrected chi connectivity index (χ2v) is 11.5. The molecule has 0 N–H and O–H groups in total. The van der Waals surface area contributed by atoms with Crippen molar-refractivity contribution in [3.05, 3.63) is 117 Å². The number of carbonyl (C=O) groups is 1. The fourth-order valence-corrected chi connectivity index (χ4v) is 5.12. The summed E-state index contributed by atoms with van der Waals surface area (Å²) in [4.78, 5) is 38.1. The van der Waals surface area contributed by atoms with E-state index in [4.69, 9.17) is 9.97 Å². The van der Waals surface area contributed by atoms with E-state index in [9.17, 15) is 14.9 Å². The Kier molecular flexibility index (Phi) is 7.83. The summed E-state index contributed by atoms with van der Waals surface area (Å²) in [5.41, 5.74) is 5.74. The van der Waals surface area contributed by atoms with Gasteiger partial charge in [-0.1, -0.05) is 75.4 Å². The Hall–Kier alpha value is -4.59. The molecule has 1 aliphatic rings. The Morgan fingerprint density at radius 3 is 2.10 bits per heavy atom. The maximum absolute atomic E-state index is 13.3. The summed E-state index contributed by atoms with van der Waals surface area (Å²) in [6.45, 7) is 10.9. The second kappa shape index (κ2) is 11.5. The molecule has 1 fully saturated rings. The first-order valence-corrected chi connectivity index (χ1v) is 13.9. The van der Waals surface area contributed by atoms with Crippen LogP contribution in [0.15, 0.2) is 78.9 Å². The van der Waals surface area contributed by atoms with E-state index in [1.807, 2.05) is 66.4 Å². The van der Waals surface area contributed by atoms with Crippen LogP contribution in [-0.4, -0.2) is 51.9 Å². The molecule has 41 heavy (non-hydrogen) atoms. The van der Waals surface area contributed by atoms with Crippen LogP contribution in [0.25, 0.3) is 11.4 Å². The third kappa shape index (κ3) is 6.27. The molecular formula is C33H35N5O3. The molecule has 4 aromatic rings. The van der Waals surface area contributed by atoms with E-state index in [1.54, 1.807) is 12.1 Å². The Bertz CT molecular complexity index is 1540. The predicted molar refractivity (Wildman–Crippen MR) is 161 cm³/mol. The van der Waals surface area contributed by atoms with E-state index in [-0.39, 0.29) is 17.0 Å². The third-order valence-corrected chi connectivity index (χ3v) is 7.62. The molecular weight excluding hydrogens is 514 g/mol. The lowest BCUT2D eigenvalue weighted by Gasteiger charge is -2.36. The van der Waals surface area contributed by atoms with E-state index in [1.165, 1.54) is 17.7 Å². The normalized spacial score (nSPS) is 13.8. The Labute approximate surface area is 240 Å². The van der Waals surface area contributed by atoms with Gasteiger partial charge >= 0.3 is 0 Å². The van der Waals surface area contributed by atoms with Crippen molar-refractivity contribution in [2.24, 2.45) is 0 Å². The molecule has 1 amide bonds. The van der Waals surface area contributed by atoms with Crippen molar-refractivity contribution in [3.8, 4) is 11.4 Å². The number of aryl methyl sites for hydroxylation is 1. The number of non-ortho nitro benzene ring substituents is 1. The van der Waals surface area contributed by atoms with E-state index in [2.05, 4.69) is 25.7 Å². The molecule has 1 aliphatic heterocycles. The molecule has 0 spiro atoms. The minimum atomic E-state index is -0.391. The van der Waals surface area contributed by atoms with Crippen LogP contribution in [-0.2, 0) is 11.8 Å². The molecule has 0 saturated carbocycles. The molecule has 210 valence electrons. The summed E-state index contributed by atoms with van der Waals surface area (Å²) >= 11 is 0. The van der Waals surface area contributed by atoms with E-state index >= 15 is 0 Å². The first-order chi connectivity index (χ1) is 19.6. The zero-order valence-corrected chi connectivity index (χ0v) is 24.0. The number of hydrogen-bond acceptors (Lipinski definition) is 6. The lowest BCUT2D eigenvalue weighted by atomic mass is 9.86. The van der Waals surface area contributed by atoms with E-state index in [0.717, 1.165) is 28.2 Å². The average Bonchev–Trinajstić information content (AvgIpc) is 2.98. The molecule has 0 radical (unpaired) electrons. The van der Waals surface area contributed by atoms with Gasteiger partial charge in [0.25, 0.3) is 11.6 Å². The zero-order valence-electron chi connectivity index (χ0n) is 24.0. The largest absolute Gasteiger partial charge is 0.353 e. The molecule has 0 atom stereocenters. The minimum Gasteiger partial charge on any atom is -0.353 e. The van der Waals surface area contributed by atoms with Crippen LogP contribution in [0.1, 0.15) is 53.5 Å². The SMILES string of the molecule is Cc1nc(-c2ccccc2)nc(N2CCN(C(=O)c3ccc(C(C)(C)C)cc3)CC2)c1Cc1ccc([N+](=O)[O-])cc1. The smallest absolute Gasteiger partial charge is 0.269 e. The van der Waals surface area contributed by atoms with Crippen molar-refractivity contribution >= 4 is 17.4 Å². The maximum atomic E-state index is 13.3. The molecule has 0 aliphatic carbocycles. The van der Waals surface area contributed by atoms with Crippen molar-refractivity contribution in [1.82, 2.24) is 14.9 Å².